The summed E-state index contributed by atoms with van der Waals surface area (Å²) >= 11 is 0. The first-order valence-electron chi connectivity index (χ1n) is 7.20. The molecule has 20 heavy (non-hydrogen) atoms. The highest BCUT2D eigenvalue weighted by Gasteiger charge is 2.24. The van der Waals surface area contributed by atoms with Crippen molar-refractivity contribution in [2.45, 2.75) is 25.7 Å². The molecule has 0 aromatic heterocycles. The van der Waals surface area contributed by atoms with Crippen molar-refractivity contribution in [3.63, 3.8) is 0 Å². The summed E-state index contributed by atoms with van der Waals surface area (Å²) in [6, 6.07) is 7.40. The lowest BCUT2D eigenvalue weighted by atomic mass is 10.1. The van der Waals surface area contributed by atoms with Crippen molar-refractivity contribution >= 4 is 23.3 Å². The quantitative estimate of drug-likeness (QED) is 0.888. The van der Waals surface area contributed by atoms with Crippen LogP contribution in [0.4, 0.5) is 16.2 Å². The largest absolute Gasteiger partial charge is 0.336 e. The lowest BCUT2D eigenvalue weighted by Gasteiger charge is -2.16. The number of rotatable bonds is 3. The van der Waals surface area contributed by atoms with Crippen molar-refractivity contribution in [2.75, 3.05) is 23.3 Å². The minimum atomic E-state index is -0.0794. The van der Waals surface area contributed by atoms with Gasteiger partial charge < -0.3 is 10.6 Å². The summed E-state index contributed by atoms with van der Waals surface area (Å²) in [5.41, 5.74) is 1.59. The number of carbonyl (C=O) groups is 2. The predicted octanol–water partition coefficient (Wildman–Crippen LogP) is 2.34. The molecule has 1 aliphatic carbocycles. The van der Waals surface area contributed by atoms with Crippen LogP contribution in [0.1, 0.15) is 25.7 Å². The second kappa shape index (κ2) is 5.53. The summed E-state index contributed by atoms with van der Waals surface area (Å²) in [5, 5.41) is 5.74. The molecule has 3 rings (SSSR count). The standard InChI is InChI=1S/C15H19N3O2/c19-14(11-4-1-2-5-11)17-12-6-3-7-13(10-12)18-9-8-16-15(18)20/h3,6-7,10-11H,1-2,4-5,8-9H2,(H,16,20)(H,17,19). The van der Waals surface area contributed by atoms with Gasteiger partial charge in [0.2, 0.25) is 5.91 Å². The smallest absolute Gasteiger partial charge is 0.321 e. The molecule has 0 radical (unpaired) electrons. The molecule has 0 atom stereocenters. The average molecular weight is 273 g/mol. The van der Waals surface area contributed by atoms with Crippen LogP contribution in [0.2, 0.25) is 0 Å². The van der Waals surface area contributed by atoms with Crippen LogP contribution < -0.4 is 15.5 Å². The maximum atomic E-state index is 12.1. The number of anilines is 2. The summed E-state index contributed by atoms with van der Waals surface area (Å²) in [5.74, 6) is 0.249. The zero-order valence-corrected chi connectivity index (χ0v) is 11.4. The van der Waals surface area contributed by atoms with Gasteiger partial charge in [0.25, 0.3) is 0 Å². The molecule has 0 spiro atoms. The highest BCUT2D eigenvalue weighted by molar-refractivity contribution is 5.96. The highest BCUT2D eigenvalue weighted by atomic mass is 16.2. The second-order valence-electron chi connectivity index (χ2n) is 5.40. The Labute approximate surface area is 118 Å². The number of nitrogens with zero attached hydrogens (tertiary/aromatic N) is 1. The molecule has 1 aliphatic heterocycles. The first-order valence-corrected chi connectivity index (χ1v) is 7.20. The van der Waals surface area contributed by atoms with Crippen LogP contribution in [-0.4, -0.2) is 25.0 Å². The number of hydrogen-bond acceptors (Lipinski definition) is 2. The molecule has 5 nitrogen and oxygen atoms in total. The van der Waals surface area contributed by atoms with Crippen LogP contribution in [-0.2, 0) is 4.79 Å². The molecule has 0 unspecified atom stereocenters. The van der Waals surface area contributed by atoms with Gasteiger partial charge in [-0.25, -0.2) is 4.79 Å². The first kappa shape index (κ1) is 13.0. The van der Waals surface area contributed by atoms with E-state index in [-0.39, 0.29) is 17.9 Å². The Kier molecular flexibility index (Phi) is 3.58. The first-order chi connectivity index (χ1) is 9.74. The molecule has 1 aromatic rings. The summed E-state index contributed by atoms with van der Waals surface area (Å²) in [6.45, 7) is 1.33. The van der Waals surface area contributed by atoms with Gasteiger partial charge in [-0.15, -0.1) is 0 Å². The van der Waals surface area contributed by atoms with Gasteiger partial charge in [0, 0.05) is 30.4 Å². The van der Waals surface area contributed by atoms with Crippen LogP contribution in [0.3, 0.4) is 0 Å². The Morgan fingerprint density at radius 1 is 1.30 bits per heavy atom. The summed E-state index contributed by atoms with van der Waals surface area (Å²) in [6.07, 6.45) is 4.26. The van der Waals surface area contributed by atoms with Crippen molar-refractivity contribution in [3.8, 4) is 0 Å². The third-order valence-corrected chi connectivity index (χ3v) is 4.01. The number of amides is 3. The number of carbonyl (C=O) groups excluding carboxylic acids is 2. The van der Waals surface area contributed by atoms with E-state index in [0.29, 0.717) is 13.1 Å². The molecule has 1 saturated heterocycles. The molecule has 0 bridgehead atoms. The van der Waals surface area contributed by atoms with Crippen LogP contribution >= 0.6 is 0 Å². The van der Waals surface area contributed by atoms with Gasteiger partial charge in [0.1, 0.15) is 0 Å². The Hall–Kier alpha value is -2.04. The maximum Gasteiger partial charge on any atom is 0.321 e. The minimum Gasteiger partial charge on any atom is -0.336 e. The zero-order valence-electron chi connectivity index (χ0n) is 11.4. The molecule has 2 N–H and O–H groups in total. The van der Waals surface area contributed by atoms with Gasteiger partial charge in [0.15, 0.2) is 0 Å². The molecule has 2 aliphatic rings. The minimum absolute atomic E-state index is 0.0794. The predicted molar refractivity (Wildman–Crippen MR) is 77.8 cm³/mol. The van der Waals surface area contributed by atoms with E-state index in [1.807, 2.05) is 24.3 Å². The molecular formula is C15H19N3O2. The van der Waals surface area contributed by atoms with E-state index < -0.39 is 0 Å². The van der Waals surface area contributed by atoms with E-state index in [4.69, 9.17) is 0 Å². The van der Waals surface area contributed by atoms with Gasteiger partial charge >= 0.3 is 6.03 Å². The second-order valence-corrected chi connectivity index (χ2v) is 5.40. The van der Waals surface area contributed by atoms with Gasteiger partial charge in [-0.3, -0.25) is 9.69 Å². The number of hydrogen-bond donors (Lipinski definition) is 2. The van der Waals surface area contributed by atoms with Crippen molar-refractivity contribution < 1.29 is 9.59 Å². The molecule has 1 aromatic carbocycles. The Balaban J connectivity index is 1.70. The van der Waals surface area contributed by atoms with Gasteiger partial charge in [0.05, 0.1) is 0 Å². The Bertz CT molecular complexity index is 524. The normalized spacial score (nSPS) is 19.2. The lowest BCUT2D eigenvalue weighted by Crippen LogP contribution is -2.27. The molecule has 2 fully saturated rings. The Morgan fingerprint density at radius 2 is 2.10 bits per heavy atom. The molecular weight excluding hydrogens is 254 g/mol. The van der Waals surface area contributed by atoms with Crippen LogP contribution in [0.5, 0.6) is 0 Å². The van der Waals surface area contributed by atoms with Crippen LogP contribution in [0, 0.1) is 5.92 Å². The lowest BCUT2D eigenvalue weighted by molar-refractivity contribution is -0.119. The topological polar surface area (TPSA) is 61.4 Å². The molecule has 5 heteroatoms. The van der Waals surface area contributed by atoms with Gasteiger partial charge in [-0.05, 0) is 31.0 Å². The fraction of sp³-hybridized carbons (Fsp3) is 0.467. The van der Waals surface area contributed by atoms with Crippen molar-refractivity contribution in [3.05, 3.63) is 24.3 Å². The molecule has 1 heterocycles. The number of nitrogens with one attached hydrogen (secondary N) is 2. The fourth-order valence-corrected chi connectivity index (χ4v) is 2.90. The number of urea groups is 1. The van der Waals surface area contributed by atoms with Gasteiger partial charge in [-0.1, -0.05) is 18.9 Å². The third kappa shape index (κ3) is 2.61. The monoisotopic (exact) mass is 273 g/mol. The van der Waals surface area contributed by atoms with E-state index in [9.17, 15) is 9.59 Å². The zero-order chi connectivity index (χ0) is 13.9. The highest BCUT2D eigenvalue weighted by Crippen LogP contribution is 2.27. The van der Waals surface area contributed by atoms with E-state index in [1.54, 1.807) is 4.90 Å². The van der Waals surface area contributed by atoms with E-state index in [0.717, 1.165) is 37.1 Å². The molecule has 3 amide bonds. The molecule has 1 saturated carbocycles. The SMILES string of the molecule is O=C(Nc1cccc(N2CCNC2=O)c1)C1CCCC1. The van der Waals surface area contributed by atoms with Crippen molar-refractivity contribution in [2.24, 2.45) is 5.92 Å². The van der Waals surface area contributed by atoms with Crippen molar-refractivity contribution in [1.29, 1.82) is 0 Å². The van der Waals surface area contributed by atoms with E-state index in [2.05, 4.69) is 10.6 Å². The third-order valence-electron chi connectivity index (χ3n) is 4.01. The Morgan fingerprint density at radius 3 is 2.80 bits per heavy atom. The summed E-state index contributed by atoms with van der Waals surface area (Å²) in [4.78, 5) is 25.4. The average Bonchev–Trinajstić information content (AvgIpc) is 3.10. The molecule has 106 valence electrons. The number of benzene rings is 1. The summed E-state index contributed by atoms with van der Waals surface area (Å²) in [7, 11) is 0. The maximum absolute atomic E-state index is 12.1. The van der Waals surface area contributed by atoms with Crippen LogP contribution in [0.15, 0.2) is 24.3 Å². The van der Waals surface area contributed by atoms with Gasteiger partial charge in [-0.2, -0.15) is 0 Å². The van der Waals surface area contributed by atoms with Crippen LogP contribution in [0.25, 0.3) is 0 Å². The van der Waals surface area contributed by atoms with E-state index in [1.165, 1.54) is 0 Å². The van der Waals surface area contributed by atoms with E-state index >= 15 is 0 Å². The summed E-state index contributed by atoms with van der Waals surface area (Å²) < 4.78 is 0. The van der Waals surface area contributed by atoms with Crippen molar-refractivity contribution in [1.82, 2.24) is 5.32 Å². The fourth-order valence-electron chi connectivity index (χ4n) is 2.90.